The fourth-order valence-electron chi connectivity index (χ4n) is 2.27. The summed E-state index contributed by atoms with van der Waals surface area (Å²) in [4.78, 5) is 36.2. The van der Waals surface area contributed by atoms with Crippen molar-refractivity contribution < 1.29 is 32.7 Å². The van der Waals surface area contributed by atoms with E-state index in [9.17, 15) is 14.2 Å². The molecule has 0 fully saturated rings. The maximum absolute atomic E-state index is 13.2. The number of imidazole rings is 1. The van der Waals surface area contributed by atoms with Crippen LogP contribution in [0.1, 0.15) is 55.4 Å². The maximum atomic E-state index is 13.2. The van der Waals surface area contributed by atoms with Crippen LogP contribution in [0.25, 0.3) is 11.2 Å². The van der Waals surface area contributed by atoms with Gasteiger partial charge in [0.05, 0.1) is 22.7 Å². The third kappa shape index (κ3) is 10.0. The van der Waals surface area contributed by atoms with Crippen molar-refractivity contribution in [1.29, 1.82) is 0 Å². The van der Waals surface area contributed by atoms with Crippen molar-refractivity contribution in [2.24, 2.45) is 10.8 Å². The Morgan fingerprint density at radius 3 is 2.00 bits per heavy atom. The monoisotopic (exact) mass is 547 g/mol. The van der Waals surface area contributed by atoms with Gasteiger partial charge in [-0.3, -0.25) is 23.2 Å². The Bertz CT molecular complexity index is 1010. The van der Waals surface area contributed by atoms with Gasteiger partial charge in [-0.1, -0.05) is 13.8 Å². The smallest absolute Gasteiger partial charge is 0.346 e. The van der Waals surface area contributed by atoms with Crippen LogP contribution >= 0.6 is 19.4 Å². The number of nitrogen functional groups attached to an aromatic ring is 1. The molecule has 2 rings (SSSR count). The van der Waals surface area contributed by atoms with E-state index in [1.165, 1.54) is 18.1 Å². The summed E-state index contributed by atoms with van der Waals surface area (Å²) in [5, 5.41) is 0. The predicted molar refractivity (Wildman–Crippen MR) is 139 cm³/mol. The molecule has 0 aliphatic carbocycles. The van der Waals surface area contributed by atoms with Gasteiger partial charge in [0, 0.05) is 12.3 Å². The van der Waals surface area contributed by atoms with Gasteiger partial charge in [-0.05, 0) is 41.5 Å². The van der Waals surface area contributed by atoms with Gasteiger partial charge in [0.1, 0.15) is 11.8 Å². The highest BCUT2D eigenvalue weighted by molar-refractivity contribution is 8.04. The van der Waals surface area contributed by atoms with Crippen molar-refractivity contribution >= 4 is 48.3 Å². The van der Waals surface area contributed by atoms with E-state index < -0.39 is 44.0 Å². The average Bonchev–Trinajstić information content (AvgIpc) is 3.21. The highest BCUT2D eigenvalue weighted by Crippen LogP contribution is 2.51. The Morgan fingerprint density at radius 1 is 0.972 bits per heavy atom. The number of nitrogens with zero attached hydrogens (tertiary/aromatic N) is 4. The molecule has 0 radical (unpaired) electrons. The summed E-state index contributed by atoms with van der Waals surface area (Å²) in [7, 11) is -3.76. The number of aromatic nitrogens is 4. The second kappa shape index (κ2) is 13.9. The third-order valence-corrected chi connectivity index (χ3v) is 7.72. The van der Waals surface area contributed by atoms with Crippen molar-refractivity contribution in [3.05, 3.63) is 12.7 Å². The zero-order chi connectivity index (χ0) is 27.6. The molecule has 0 unspecified atom stereocenters. The Kier molecular flexibility index (Phi) is 12.3. The first-order valence-electron chi connectivity index (χ1n) is 11.4. The summed E-state index contributed by atoms with van der Waals surface area (Å²) in [5.74, 6) is -0.231. The van der Waals surface area contributed by atoms with E-state index in [0.717, 1.165) is 0 Å². The van der Waals surface area contributed by atoms with Crippen molar-refractivity contribution in [2.75, 3.05) is 30.6 Å². The van der Waals surface area contributed by atoms with Gasteiger partial charge in [0.15, 0.2) is 11.5 Å². The fraction of sp³-hybridized carbons (Fsp3) is 0.682. The summed E-state index contributed by atoms with van der Waals surface area (Å²) in [6, 6.07) is 0. The minimum Gasteiger partial charge on any atom is -0.438 e. The molecule has 0 aromatic carbocycles. The molecule has 2 aromatic heterocycles. The van der Waals surface area contributed by atoms with Gasteiger partial charge in [0.25, 0.3) is 0 Å². The molecule has 0 saturated heterocycles. The van der Waals surface area contributed by atoms with Gasteiger partial charge < -0.3 is 19.8 Å². The van der Waals surface area contributed by atoms with Gasteiger partial charge >= 0.3 is 19.5 Å². The van der Waals surface area contributed by atoms with Gasteiger partial charge in [-0.15, -0.1) is 11.8 Å². The fourth-order valence-corrected chi connectivity index (χ4v) is 5.10. The van der Waals surface area contributed by atoms with E-state index in [1.807, 2.05) is 13.8 Å². The number of ether oxygens (including phenoxy) is 2. The van der Waals surface area contributed by atoms with Crippen LogP contribution in [0.3, 0.4) is 0 Å². The summed E-state index contributed by atoms with van der Waals surface area (Å²) in [6.45, 7) is 13.5. The number of rotatable bonds is 11. The number of anilines is 1. The lowest BCUT2D eigenvalue weighted by Crippen LogP contribution is -2.25. The van der Waals surface area contributed by atoms with Gasteiger partial charge in [0.2, 0.25) is 13.6 Å². The summed E-state index contributed by atoms with van der Waals surface area (Å²) in [5.41, 5.74) is 5.34. The number of thioether (sulfide) groups is 1. The average molecular weight is 548 g/mol. The Morgan fingerprint density at radius 2 is 1.50 bits per heavy atom. The quantitative estimate of drug-likeness (QED) is 0.183. The number of esters is 2. The molecular formula is C22H38N5O7PS. The van der Waals surface area contributed by atoms with Crippen LogP contribution in [0.4, 0.5) is 5.82 Å². The van der Waals surface area contributed by atoms with Crippen LogP contribution in [-0.2, 0) is 39.2 Å². The molecule has 0 aliphatic heterocycles. The number of aryl methyl sites for hydroxylation is 1. The van der Waals surface area contributed by atoms with E-state index in [4.69, 9.17) is 24.3 Å². The van der Waals surface area contributed by atoms with Crippen LogP contribution < -0.4 is 5.73 Å². The van der Waals surface area contributed by atoms with Gasteiger partial charge in [-0.25, -0.2) is 15.0 Å². The first-order valence-corrected chi connectivity index (χ1v) is 14.3. The number of fused-ring (bicyclic) bond motifs is 1. The van der Waals surface area contributed by atoms with Crippen LogP contribution in [0.5, 0.6) is 0 Å². The lowest BCUT2D eigenvalue weighted by atomic mass is 9.98. The Hall–Kier alpha value is -2.21. The van der Waals surface area contributed by atoms with Gasteiger partial charge in [-0.2, -0.15) is 0 Å². The normalized spacial score (nSPS) is 12.1. The van der Waals surface area contributed by atoms with Crippen molar-refractivity contribution in [3.63, 3.8) is 0 Å². The number of nitrogens with two attached hydrogens (primary N) is 1. The second-order valence-electron chi connectivity index (χ2n) is 9.37. The molecule has 0 spiro atoms. The SMILES string of the molecule is CC.CC(C)(C)C(=O)OCOP(=O)(CSCCn1cnc2c(N)ncnc21)OCOC(=O)C(C)(C)C. The molecule has 2 aromatic rings. The van der Waals surface area contributed by atoms with E-state index in [2.05, 4.69) is 15.0 Å². The van der Waals surface area contributed by atoms with Crippen LogP contribution in [0.15, 0.2) is 12.7 Å². The first-order chi connectivity index (χ1) is 16.7. The van der Waals surface area contributed by atoms with Crippen molar-refractivity contribution in [1.82, 2.24) is 19.5 Å². The minimum atomic E-state index is -3.76. The number of carbonyl (C=O) groups excluding carboxylic acids is 2. The molecule has 2 N–H and O–H groups in total. The minimum absolute atomic E-state index is 0.0586. The van der Waals surface area contributed by atoms with E-state index in [0.29, 0.717) is 23.5 Å². The molecule has 0 atom stereocenters. The largest absolute Gasteiger partial charge is 0.438 e. The van der Waals surface area contributed by atoms with E-state index in [-0.39, 0.29) is 11.3 Å². The number of carbonyl (C=O) groups is 2. The predicted octanol–water partition coefficient (Wildman–Crippen LogP) is 4.45. The molecule has 204 valence electrons. The second-order valence-corrected chi connectivity index (χ2v) is 13.0. The molecule has 0 aliphatic rings. The van der Waals surface area contributed by atoms with Crippen LogP contribution in [0.2, 0.25) is 0 Å². The zero-order valence-corrected chi connectivity index (χ0v) is 24.0. The number of hydrogen-bond donors (Lipinski definition) is 1. The summed E-state index contributed by atoms with van der Waals surface area (Å²) < 4.78 is 35.7. The summed E-state index contributed by atoms with van der Waals surface area (Å²) >= 11 is 1.28. The van der Waals surface area contributed by atoms with Crippen molar-refractivity contribution in [2.45, 2.75) is 61.9 Å². The topological polar surface area (TPSA) is 158 Å². The number of hydrogen-bond acceptors (Lipinski definition) is 12. The third-order valence-electron chi connectivity index (χ3n) is 4.26. The van der Waals surface area contributed by atoms with E-state index in [1.54, 1.807) is 52.4 Å². The maximum Gasteiger partial charge on any atom is 0.346 e. The zero-order valence-electron chi connectivity index (χ0n) is 22.3. The van der Waals surface area contributed by atoms with Crippen LogP contribution in [-0.4, -0.2) is 56.3 Å². The molecular weight excluding hydrogens is 509 g/mol. The molecule has 0 bridgehead atoms. The molecule has 0 amide bonds. The molecule has 36 heavy (non-hydrogen) atoms. The molecule has 14 heteroatoms. The highest BCUT2D eigenvalue weighted by Gasteiger charge is 2.30. The lowest BCUT2D eigenvalue weighted by Gasteiger charge is -2.21. The first kappa shape index (κ1) is 31.8. The Balaban J connectivity index is 0.00000316. The molecule has 2 heterocycles. The molecule has 0 saturated carbocycles. The standard InChI is InChI=1S/C20H32N5O7PS.C2H6/c1-19(2,3)17(26)29-11-31-33(28,32-12-30-18(27)20(4,5)6)13-34-8-7-25-10-24-14-15(21)22-9-23-16(14)25;1-2/h9-10H,7-8,11-13H2,1-6H3,(H2,21,22,23);1-2H3. The lowest BCUT2D eigenvalue weighted by molar-refractivity contribution is -0.161. The Labute approximate surface area is 216 Å². The molecule has 12 nitrogen and oxygen atoms in total. The summed E-state index contributed by atoms with van der Waals surface area (Å²) in [6.07, 6.45) is 2.96. The van der Waals surface area contributed by atoms with Crippen LogP contribution in [0, 0.1) is 10.8 Å². The van der Waals surface area contributed by atoms with Crippen molar-refractivity contribution in [3.8, 4) is 0 Å². The highest BCUT2D eigenvalue weighted by atomic mass is 32.2. The van der Waals surface area contributed by atoms with E-state index >= 15 is 0 Å².